The van der Waals surface area contributed by atoms with Crippen LogP contribution in [0.4, 0.5) is 17.1 Å². The molecule has 6 nitrogen and oxygen atoms in total. The summed E-state index contributed by atoms with van der Waals surface area (Å²) in [6, 6.07) is 3.05. The highest BCUT2D eigenvalue weighted by Crippen LogP contribution is 2.22. The van der Waals surface area contributed by atoms with Crippen molar-refractivity contribution in [2.75, 3.05) is 10.6 Å². The number of hydrogen-bond donors (Lipinski definition) is 2. The molecule has 2 rings (SSSR count). The van der Waals surface area contributed by atoms with E-state index in [1.54, 1.807) is 43.6 Å². The number of aryl methyl sites for hydroxylation is 1. The molecule has 0 saturated heterocycles. The summed E-state index contributed by atoms with van der Waals surface area (Å²) in [6.45, 7) is 9.37. The number of pyridine rings is 1. The maximum atomic E-state index is 12.1. The highest BCUT2D eigenvalue weighted by Gasteiger charge is 2.24. The van der Waals surface area contributed by atoms with Crippen molar-refractivity contribution in [3.8, 4) is 0 Å². The van der Waals surface area contributed by atoms with Crippen molar-refractivity contribution in [3.63, 3.8) is 0 Å². The summed E-state index contributed by atoms with van der Waals surface area (Å²) in [5.74, 6) is 0. The number of rotatable bonds is 8. The molecule has 0 aliphatic rings. The summed E-state index contributed by atoms with van der Waals surface area (Å²) >= 11 is 0. The molecule has 0 spiro atoms. The lowest BCUT2D eigenvalue weighted by Crippen LogP contribution is -2.39. The lowest BCUT2D eigenvalue weighted by molar-refractivity contribution is 0.802. The van der Waals surface area contributed by atoms with E-state index < -0.39 is 10.9 Å². The van der Waals surface area contributed by atoms with Crippen molar-refractivity contribution in [3.05, 3.63) is 86.1 Å². The first-order chi connectivity index (χ1) is 11.9. The Bertz CT molecular complexity index is 959. The van der Waals surface area contributed by atoms with Gasteiger partial charge in [-0.3, -0.25) is 14.4 Å². The normalized spacial score (nSPS) is 12.6. The van der Waals surface area contributed by atoms with Gasteiger partial charge in [-0.05, 0) is 24.1 Å². The predicted molar refractivity (Wildman–Crippen MR) is 102 cm³/mol. The summed E-state index contributed by atoms with van der Waals surface area (Å²) in [5, 5.41) is 5.86. The molecule has 0 amide bonds. The van der Waals surface area contributed by atoms with Crippen molar-refractivity contribution in [2.24, 2.45) is 7.05 Å². The van der Waals surface area contributed by atoms with Crippen molar-refractivity contribution < 1.29 is 0 Å². The SMILES string of the molecule is C=C/C=C(\C=C)[C@@H](CC)Nc1c(Nc2cccn(C)c2=O)c(=O)c1=O. The van der Waals surface area contributed by atoms with Crippen LogP contribution in [0.25, 0.3) is 0 Å². The molecule has 0 aliphatic carbocycles. The smallest absolute Gasteiger partial charge is 0.273 e. The van der Waals surface area contributed by atoms with Crippen LogP contribution in [-0.4, -0.2) is 10.6 Å². The first kappa shape index (κ1) is 18.2. The molecule has 1 aromatic carbocycles. The third kappa shape index (κ3) is 3.52. The van der Waals surface area contributed by atoms with Gasteiger partial charge in [0.2, 0.25) is 0 Å². The molecule has 1 heterocycles. The van der Waals surface area contributed by atoms with Crippen LogP contribution in [0.3, 0.4) is 0 Å². The van der Waals surface area contributed by atoms with Gasteiger partial charge in [0.15, 0.2) is 0 Å². The quantitative estimate of drug-likeness (QED) is 0.569. The molecular weight excluding hydrogens is 318 g/mol. The van der Waals surface area contributed by atoms with Gasteiger partial charge in [0, 0.05) is 13.2 Å². The minimum Gasteiger partial charge on any atom is -0.373 e. The van der Waals surface area contributed by atoms with Crippen molar-refractivity contribution in [2.45, 2.75) is 19.4 Å². The maximum Gasteiger partial charge on any atom is 0.273 e. The number of nitrogens with one attached hydrogen (secondary N) is 2. The summed E-state index contributed by atoms with van der Waals surface area (Å²) in [7, 11) is 1.61. The molecule has 0 unspecified atom stereocenters. The fourth-order valence-electron chi connectivity index (χ4n) is 2.53. The van der Waals surface area contributed by atoms with Gasteiger partial charge in [0.1, 0.15) is 17.1 Å². The van der Waals surface area contributed by atoms with E-state index in [1.165, 1.54) is 4.57 Å². The first-order valence-electron chi connectivity index (χ1n) is 7.92. The predicted octanol–water partition coefficient (Wildman–Crippen LogP) is 2.21. The third-order valence-corrected chi connectivity index (χ3v) is 3.97. The van der Waals surface area contributed by atoms with Crippen LogP contribution in [0, 0.1) is 0 Å². The lowest BCUT2D eigenvalue weighted by Gasteiger charge is -2.22. The standard InChI is InChI=1S/C19H21N3O3/c1-5-9-12(6-2)13(7-3)20-15-16(18(24)17(15)23)21-14-10-8-11-22(4)19(14)25/h5-6,8-11,13,20-21H,1-2,7H2,3-4H3/b12-9+/t13-/m1/s1. The topological polar surface area (TPSA) is 80.2 Å². The molecule has 25 heavy (non-hydrogen) atoms. The summed E-state index contributed by atoms with van der Waals surface area (Å²) in [5.41, 5.74) is -0.155. The number of hydrogen-bond acceptors (Lipinski definition) is 5. The second-order valence-electron chi connectivity index (χ2n) is 5.58. The fraction of sp³-hybridized carbons (Fsp3) is 0.211. The van der Waals surface area contributed by atoms with E-state index in [4.69, 9.17) is 0 Å². The van der Waals surface area contributed by atoms with Crippen LogP contribution >= 0.6 is 0 Å². The zero-order valence-electron chi connectivity index (χ0n) is 14.3. The van der Waals surface area contributed by atoms with Gasteiger partial charge in [-0.15, -0.1) is 0 Å². The van der Waals surface area contributed by atoms with Gasteiger partial charge < -0.3 is 15.2 Å². The maximum absolute atomic E-state index is 12.1. The molecule has 2 aromatic rings. The van der Waals surface area contributed by atoms with E-state index in [2.05, 4.69) is 23.8 Å². The third-order valence-electron chi connectivity index (χ3n) is 3.97. The Morgan fingerprint density at radius 3 is 2.52 bits per heavy atom. The minimum atomic E-state index is -0.642. The van der Waals surface area contributed by atoms with Crippen LogP contribution in [0.5, 0.6) is 0 Å². The van der Waals surface area contributed by atoms with Gasteiger partial charge in [-0.2, -0.15) is 0 Å². The highest BCUT2D eigenvalue weighted by atomic mass is 16.2. The zero-order valence-corrected chi connectivity index (χ0v) is 14.3. The van der Waals surface area contributed by atoms with Crippen LogP contribution in [-0.2, 0) is 7.05 Å². The summed E-state index contributed by atoms with van der Waals surface area (Å²) in [6.07, 6.45) is 7.39. The van der Waals surface area contributed by atoms with E-state index in [0.29, 0.717) is 6.42 Å². The molecule has 130 valence electrons. The number of nitrogens with zero attached hydrogens (tertiary/aromatic N) is 1. The van der Waals surface area contributed by atoms with Crippen LogP contribution in [0.15, 0.2) is 69.7 Å². The zero-order chi connectivity index (χ0) is 18.6. The minimum absolute atomic E-state index is 0.105. The van der Waals surface area contributed by atoms with Gasteiger partial charge in [-0.1, -0.05) is 38.3 Å². The van der Waals surface area contributed by atoms with Crippen LogP contribution < -0.4 is 27.1 Å². The van der Waals surface area contributed by atoms with Crippen molar-refractivity contribution >= 4 is 17.1 Å². The number of allylic oxidation sites excluding steroid dienone is 2. The average Bonchev–Trinajstić information content (AvgIpc) is 2.62. The molecular formula is C19H21N3O3. The Hall–Kier alpha value is -3.15. The number of anilines is 3. The van der Waals surface area contributed by atoms with Crippen molar-refractivity contribution in [1.82, 2.24) is 4.57 Å². The molecule has 0 aliphatic heterocycles. The molecule has 2 N–H and O–H groups in total. The Balaban J connectivity index is 2.36. The Kier molecular flexibility index (Phi) is 5.54. The van der Waals surface area contributed by atoms with E-state index in [1.807, 2.05) is 6.92 Å². The van der Waals surface area contributed by atoms with Gasteiger partial charge >= 0.3 is 0 Å². The fourth-order valence-corrected chi connectivity index (χ4v) is 2.53. The molecule has 1 aromatic heterocycles. The second kappa shape index (κ2) is 7.61. The van der Waals surface area contributed by atoms with E-state index in [9.17, 15) is 14.4 Å². The molecule has 1 atom stereocenters. The van der Waals surface area contributed by atoms with E-state index in [0.717, 1.165) is 5.57 Å². The molecule has 0 radical (unpaired) electrons. The molecule has 0 bridgehead atoms. The van der Waals surface area contributed by atoms with Crippen LogP contribution in [0.2, 0.25) is 0 Å². The Labute approximate surface area is 145 Å². The first-order valence-corrected chi connectivity index (χ1v) is 7.92. The molecule has 0 saturated carbocycles. The molecule has 6 heteroatoms. The Morgan fingerprint density at radius 2 is 1.92 bits per heavy atom. The molecule has 0 fully saturated rings. The van der Waals surface area contributed by atoms with Gasteiger partial charge in [0.25, 0.3) is 16.4 Å². The average molecular weight is 339 g/mol. The second-order valence-corrected chi connectivity index (χ2v) is 5.58. The van der Waals surface area contributed by atoms with E-state index >= 15 is 0 Å². The van der Waals surface area contributed by atoms with Gasteiger partial charge in [-0.25, -0.2) is 0 Å². The van der Waals surface area contributed by atoms with Crippen LogP contribution in [0.1, 0.15) is 13.3 Å². The summed E-state index contributed by atoms with van der Waals surface area (Å²) < 4.78 is 1.39. The Morgan fingerprint density at radius 1 is 1.24 bits per heavy atom. The monoisotopic (exact) mass is 339 g/mol. The number of aromatic nitrogens is 1. The lowest BCUT2D eigenvalue weighted by atomic mass is 10.0. The van der Waals surface area contributed by atoms with Gasteiger partial charge in [0.05, 0.1) is 6.04 Å². The van der Waals surface area contributed by atoms with Crippen molar-refractivity contribution in [1.29, 1.82) is 0 Å². The highest BCUT2D eigenvalue weighted by molar-refractivity contribution is 5.79. The van der Waals surface area contributed by atoms with E-state index in [-0.39, 0.29) is 28.7 Å². The summed E-state index contributed by atoms with van der Waals surface area (Å²) in [4.78, 5) is 36.0. The largest absolute Gasteiger partial charge is 0.373 e.